The monoisotopic (exact) mass is 511 g/mol. The fourth-order valence-corrected chi connectivity index (χ4v) is 6.05. The number of rotatable bonds is 6. The van der Waals surface area contributed by atoms with Crippen LogP contribution in [0.1, 0.15) is 43.0 Å². The van der Waals surface area contributed by atoms with Crippen LogP contribution in [0.2, 0.25) is 0 Å². The van der Waals surface area contributed by atoms with Crippen LogP contribution in [0.4, 0.5) is 5.69 Å². The van der Waals surface area contributed by atoms with Gasteiger partial charge in [0.25, 0.3) is 5.91 Å². The average Bonchev–Trinajstić information content (AvgIpc) is 3.32. The summed E-state index contributed by atoms with van der Waals surface area (Å²) in [4.78, 5) is 40.7. The van der Waals surface area contributed by atoms with E-state index in [4.69, 9.17) is 16.3 Å². The quantitative estimate of drug-likeness (QED) is 0.561. The van der Waals surface area contributed by atoms with Gasteiger partial charge in [-0.15, -0.1) is 11.6 Å². The number of ketones is 1. The molecule has 1 saturated carbocycles. The molecule has 2 aliphatic heterocycles. The highest BCUT2D eigenvalue weighted by Gasteiger charge is 2.53. The Bertz CT molecular complexity index is 1050. The van der Waals surface area contributed by atoms with Gasteiger partial charge in [0.2, 0.25) is 15.9 Å². The number of anilines is 1. The number of nitrogens with zero attached hydrogens (tertiary/aromatic N) is 1. The summed E-state index contributed by atoms with van der Waals surface area (Å²) in [6.45, 7) is 2.31. The van der Waals surface area contributed by atoms with Crippen LogP contribution < -0.4 is 10.0 Å². The fraction of sp³-hybridized carbons (Fsp3) is 0.609. The van der Waals surface area contributed by atoms with Gasteiger partial charge in [-0.3, -0.25) is 19.1 Å². The Labute approximate surface area is 204 Å². The summed E-state index contributed by atoms with van der Waals surface area (Å²) in [5, 5.41) is 2.43. The van der Waals surface area contributed by atoms with E-state index in [1.165, 1.54) is 29.2 Å². The van der Waals surface area contributed by atoms with Gasteiger partial charge in [0.1, 0.15) is 24.8 Å². The molecule has 3 aliphatic rings. The number of fused-ring (bicyclic) bond motifs is 1. The molecular formula is C23H30ClN3O6S. The molecule has 1 aromatic carbocycles. The Morgan fingerprint density at radius 1 is 1.15 bits per heavy atom. The molecule has 186 valence electrons. The van der Waals surface area contributed by atoms with Gasteiger partial charge in [0, 0.05) is 17.8 Å². The molecule has 0 radical (unpaired) electrons. The number of likely N-dealkylation sites (tertiary alicyclic amines) is 1. The Hall–Kier alpha value is -2.17. The van der Waals surface area contributed by atoms with Crippen molar-refractivity contribution in [2.75, 3.05) is 24.1 Å². The Kier molecular flexibility index (Phi) is 7.21. The van der Waals surface area contributed by atoms with Crippen molar-refractivity contribution in [2.24, 2.45) is 11.8 Å². The highest BCUT2D eigenvalue weighted by molar-refractivity contribution is 7.92. The van der Waals surface area contributed by atoms with E-state index in [1.54, 1.807) is 0 Å². The average molecular weight is 512 g/mol. The maximum absolute atomic E-state index is 13.7. The lowest BCUT2D eigenvalue weighted by Crippen LogP contribution is -2.55. The fourth-order valence-electron chi connectivity index (χ4n) is 5.13. The highest BCUT2D eigenvalue weighted by atomic mass is 35.5. The van der Waals surface area contributed by atoms with E-state index >= 15 is 0 Å². The van der Waals surface area contributed by atoms with Crippen molar-refractivity contribution in [1.82, 2.24) is 10.2 Å². The lowest BCUT2D eigenvalue weighted by molar-refractivity contribution is -0.139. The van der Waals surface area contributed by atoms with Crippen molar-refractivity contribution in [3.05, 3.63) is 29.8 Å². The zero-order valence-electron chi connectivity index (χ0n) is 19.2. The number of carbonyl (C=O) groups is 3. The third kappa shape index (κ3) is 5.39. The zero-order chi connectivity index (χ0) is 24.6. The molecule has 0 aromatic heterocycles. The largest absolute Gasteiger partial charge is 0.366 e. The summed E-state index contributed by atoms with van der Waals surface area (Å²) < 4.78 is 30.7. The minimum atomic E-state index is -3.43. The van der Waals surface area contributed by atoms with Crippen LogP contribution in [0.25, 0.3) is 0 Å². The van der Waals surface area contributed by atoms with Gasteiger partial charge in [0.15, 0.2) is 5.78 Å². The SMILES string of the molecule is CS(=O)(=O)Nc1ccc(C(=O)NC(C(=O)N2C[C@H](Cl)[C@H]3OCC(=O)[C@H]32)[C@H]2CC[C@H](C)CC2)cc1. The number of carbonyl (C=O) groups excluding carboxylic acids is 3. The Morgan fingerprint density at radius 3 is 2.41 bits per heavy atom. The number of ether oxygens (including phenoxy) is 1. The third-order valence-corrected chi connectivity index (χ3v) is 7.93. The molecule has 11 heteroatoms. The van der Waals surface area contributed by atoms with Gasteiger partial charge >= 0.3 is 0 Å². The van der Waals surface area contributed by atoms with E-state index in [9.17, 15) is 22.8 Å². The topological polar surface area (TPSA) is 122 Å². The number of alkyl halides is 1. The van der Waals surface area contributed by atoms with Crippen LogP contribution in [0.3, 0.4) is 0 Å². The first-order chi connectivity index (χ1) is 16.0. The molecule has 2 amide bonds. The van der Waals surface area contributed by atoms with E-state index in [-0.39, 0.29) is 30.8 Å². The maximum atomic E-state index is 13.7. The lowest BCUT2D eigenvalue weighted by Gasteiger charge is -2.35. The predicted molar refractivity (Wildman–Crippen MR) is 127 cm³/mol. The first kappa shape index (κ1) is 24.9. The minimum absolute atomic E-state index is 0.0518. The number of nitrogens with one attached hydrogen (secondary N) is 2. The van der Waals surface area contributed by atoms with Crippen LogP contribution in [0.15, 0.2) is 24.3 Å². The van der Waals surface area contributed by atoms with Crippen molar-refractivity contribution < 1.29 is 27.5 Å². The third-order valence-electron chi connectivity index (χ3n) is 6.94. The second kappa shape index (κ2) is 9.83. The first-order valence-electron chi connectivity index (χ1n) is 11.5. The molecule has 3 fully saturated rings. The second-order valence-corrected chi connectivity index (χ2v) is 11.9. The molecule has 34 heavy (non-hydrogen) atoms. The van der Waals surface area contributed by atoms with Gasteiger partial charge in [-0.05, 0) is 48.9 Å². The summed E-state index contributed by atoms with van der Waals surface area (Å²) >= 11 is 6.38. The standard InChI is InChI=1S/C23H30ClN3O6S/c1-13-3-5-14(6-4-13)19(23(30)27-11-17(24)21-20(27)18(28)12-33-21)25-22(29)15-7-9-16(10-8-15)26-34(2,31)32/h7-10,13-14,17,19-21,26H,3-6,11-12H2,1-2H3,(H,25,29)/t13-,14-,17-,19?,20+,21+/m0/s1. The number of Topliss-reactive ketones (excluding diaryl/α,β-unsaturated/α-hetero) is 1. The van der Waals surface area contributed by atoms with Crippen molar-refractivity contribution in [1.29, 1.82) is 0 Å². The Balaban J connectivity index is 1.54. The van der Waals surface area contributed by atoms with Crippen LogP contribution in [0, 0.1) is 11.8 Å². The van der Waals surface area contributed by atoms with Gasteiger partial charge in [0.05, 0.1) is 11.6 Å². The molecule has 1 aliphatic carbocycles. The van der Waals surface area contributed by atoms with E-state index in [2.05, 4.69) is 17.0 Å². The molecule has 9 nitrogen and oxygen atoms in total. The van der Waals surface area contributed by atoms with Crippen molar-refractivity contribution in [3.63, 3.8) is 0 Å². The molecule has 0 bridgehead atoms. The highest BCUT2D eigenvalue weighted by Crippen LogP contribution is 2.35. The molecule has 1 aromatic rings. The van der Waals surface area contributed by atoms with Gasteiger partial charge in [-0.1, -0.05) is 19.8 Å². The smallest absolute Gasteiger partial charge is 0.251 e. The van der Waals surface area contributed by atoms with E-state index in [0.29, 0.717) is 17.2 Å². The van der Waals surface area contributed by atoms with Crippen LogP contribution >= 0.6 is 11.6 Å². The maximum Gasteiger partial charge on any atom is 0.251 e. The molecule has 2 heterocycles. The predicted octanol–water partition coefficient (Wildman–Crippen LogP) is 1.77. The summed E-state index contributed by atoms with van der Waals surface area (Å²) in [6.07, 6.45) is 4.04. The van der Waals surface area contributed by atoms with Gasteiger partial charge < -0.3 is 15.0 Å². The zero-order valence-corrected chi connectivity index (χ0v) is 20.8. The van der Waals surface area contributed by atoms with Crippen LogP contribution in [0.5, 0.6) is 0 Å². The molecule has 4 rings (SSSR count). The van der Waals surface area contributed by atoms with E-state index in [0.717, 1.165) is 31.9 Å². The number of hydrogen-bond acceptors (Lipinski definition) is 6. The molecule has 4 atom stereocenters. The van der Waals surface area contributed by atoms with E-state index < -0.39 is 39.5 Å². The summed E-state index contributed by atoms with van der Waals surface area (Å²) in [7, 11) is -3.43. The molecule has 0 spiro atoms. The van der Waals surface area contributed by atoms with Crippen LogP contribution in [-0.2, 0) is 24.3 Å². The molecule has 1 unspecified atom stereocenters. The van der Waals surface area contributed by atoms with Crippen LogP contribution in [-0.4, -0.2) is 73.9 Å². The summed E-state index contributed by atoms with van der Waals surface area (Å²) in [6, 6.07) is 4.49. The number of halogens is 1. The van der Waals surface area contributed by atoms with Gasteiger partial charge in [-0.2, -0.15) is 0 Å². The number of hydrogen-bond donors (Lipinski definition) is 2. The summed E-state index contributed by atoms with van der Waals surface area (Å²) in [5.74, 6) is -0.400. The van der Waals surface area contributed by atoms with E-state index in [1.807, 2.05) is 0 Å². The van der Waals surface area contributed by atoms with Gasteiger partial charge in [-0.25, -0.2) is 8.42 Å². The Morgan fingerprint density at radius 2 is 1.79 bits per heavy atom. The van der Waals surface area contributed by atoms with Crippen molar-refractivity contribution in [2.45, 2.75) is 56.2 Å². The lowest BCUT2D eigenvalue weighted by atomic mass is 9.78. The van der Waals surface area contributed by atoms with Crippen molar-refractivity contribution >= 4 is 44.9 Å². The summed E-state index contributed by atoms with van der Waals surface area (Å²) in [5.41, 5.74) is 0.639. The number of sulfonamides is 1. The van der Waals surface area contributed by atoms with Crippen molar-refractivity contribution in [3.8, 4) is 0 Å². The second-order valence-electron chi connectivity index (χ2n) is 9.62. The molecular weight excluding hydrogens is 482 g/mol. The number of benzene rings is 1. The normalized spacial score (nSPS) is 30.0. The number of amides is 2. The first-order valence-corrected chi connectivity index (χ1v) is 13.8. The molecule has 2 N–H and O–H groups in total. The minimum Gasteiger partial charge on any atom is -0.366 e. The molecule has 2 saturated heterocycles.